The van der Waals surface area contributed by atoms with Gasteiger partial charge in [0, 0.05) is 67.0 Å². The quantitative estimate of drug-likeness (QED) is 0.557. The van der Waals surface area contributed by atoms with Crippen LogP contribution >= 0.6 is 23.2 Å². The molecule has 2 aliphatic heterocycles. The Bertz CT molecular complexity index is 1170. The molecule has 2 heterocycles. The summed E-state index contributed by atoms with van der Waals surface area (Å²) in [5.41, 5.74) is 0.106. The van der Waals surface area contributed by atoms with Crippen molar-refractivity contribution >= 4 is 47.1 Å². The maximum absolute atomic E-state index is 13.6. The zero-order valence-corrected chi connectivity index (χ0v) is 20.5. The van der Waals surface area contributed by atoms with Crippen molar-refractivity contribution in [3.05, 3.63) is 63.1 Å². The summed E-state index contributed by atoms with van der Waals surface area (Å²) in [5, 5.41) is 3.57. The molecule has 3 amide bonds. The Labute approximate surface area is 215 Å². The van der Waals surface area contributed by atoms with E-state index >= 15 is 0 Å². The van der Waals surface area contributed by atoms with Gasteiger partial charge in [-0.15, -0.1) is 0 Å². The number of urea groups is 1. The number of carbonyl (C=O) groups excluding carboxylic acids is 3. The largest absolute Gasteiger partial charge is 0.416 e. The normalized spacial score (nSPS) is 17.2. The van der Waals surface area contributed by atoms with E-state index in [4.69, 9.17) is 23.2 Å². The van der Waals surface area contributed by atoms with E-state index < -0.39 is 17.8 Å². The number of alkyl halides is 3. The molecular formula is C24H23Cl2F3N4O3. The molecule has 0 aliphatic carbocycles. The zero-order chi connectivity index (χ0) is 26.0. The molecule has 2 aliphatic rings. The van der Waals surface area contributed by atoms with E-state index in [1.807, 2.05) is 0 Å². The van der Waals surface area contributed by atoms with Crippen molar-refractivity contribution in [2.45, 2.75) is 18.6 Å². The number of halogens is 5. The summed E-state index contributed by atoms with van der Waals surface area (Å²) in [7, 11) is 0. The maximum atomic E-state index is 13.6. The van der Waals surface area contributed by atoms with Gasteiger partial charge < -0.3 is 20.0 Å². The van der Waals surface area contributed by atoms with Gasteiger partial charge in [-0.3, -0.25) is 9.59 Å². The van der Waals surface area contributed by atoms with Gasteiger partial charge in [0.15, 0.2) is 6.29 Å². The number of nitrogens with one attached hydrogen (secondary N) is 1. The fourth-order valence-electron chi connectivity index (χ4n) is 4.50. The monoisotopic (exact) mass is 542 g/mol. The van der Waals surface area contributed by atoms with E-state index in [-0.39, 0.29) is 37.0 Å². The van der Waals surface area contributed by atoms with Crippen LogP contribution in [-0.4, -0.2) is 73.3 Å². The highest BCUT2D eigenvalue weighted by Crippen LogP contribution is 2.33. The summed E-state index contributed by atoms with van der Waals surface area (Å²) >= 11 is 12.3. The van der Waals surface area contributed by atoms with Gasteiger partial charge in [-0.1, -0.05) is 29.3 Å². The van der Waals surface area contributed by atoms with Gasteiger partial charge in [0.25, 0.3) is 0 Å². The molecule has 4 rings (SSSR count). The van der Waals surface area contributed by atoms with Crippen molar-refractivity contribution in [3.63, 3.8) is 0 Å². The number of carbonyl (C=O) groups is 3. The van der Waals surface area contributed by atoms with Crippen LogP contribution in [0.15, 0.2) is 36.4 Å². The molecule has 2 fully saturated rings. The predicted octanol–water partition coefficient (Wildman–Crippen LogP) is 4.11. The first-order valence-corrected chi connectivity index (χ1v) is 12.0. The minimum atomic E-state index is -4.55. The van der Waals surface area contributed by atoms with Crippen LogP contribution in [0.5, 0.6) is 0 Å². The maximum Gasteiger partial charge on any atom is 0.416 e. The first kappa shape index (κ1) is 26.1. The van der Waals surface area contributed by atoms with Crippen LogP contribution in [0.2, 0.25) is 10.0 Å². The Kier molecular flexibility index (Phi) is 7.65. The van der Waals surface area contributed by atoms with E-state index in [0.717, 1.165) is 12.1 Å². The number of rotatable bonds is 6. The standard InChI is InChI=1S/C24H23Cl2F3N4O3/c25-18-3-1-15(19(26)13-18)12-21(33-6-5-30-23(33)36)22(35)32-9-7-31(8-10-32)20-4-2-17(24(27,28)29)11-16(20)14-34/h1-4,11,13-14,21H,5-10,12H2,(H,30,36)/t21-/m1/s1. The second kappa shape index (κ2) is 10.6. The molecule has 0 radical (unpaired) electrons. The average Bonchev–Trinajstić information content (AvgIpc) is 3.27. The van der Waals surface area contributed by atoms with Crippen LogP contribution in [0.4, 0.5) is 23.7 Å². The van der Waals surface area contributed by atoms with Crippen LogP contribution in [-0.2, 0) is 17.4 Å². The van der Waals surface area contributed by atoms with Crippen molar-refractivity contribution in [2.75, 3.05) is 44.2 Å². The number of anilines is 1. The van der Waals surface area contributed by atoms with Crippen molar-refractivity contribution in [1.29, 1.82) is 0 Å². The molecule has 0 aromatic heterocycles. The highest BCUT2D eigenvalue weighted by Gasteiger charge is 2.37. The molecule has 7 nitrogen and oxygen atoms in total. The number of aldehydes is 1. The van der Waals surface area contributed by atoms with Crippen molar-refractivity contribution < 1.29 is 27.6 Å². The SMILES string of the molecule is O=Cc1cc(C(F)(F)F)ccc1N1CCN(C(=O)[C@@H](Cc2ccc(Cl)cc2Cl)N2CCNC2=O)CC1. The lowest BCUT2D eigenvalue weighted by Gasteiger charge is -2.39. The van der Waals surface area contributed by atoms with Crippen LogP contribution in [0.1, 0.15) is 21.5 Å². The van der Waals surface area contributed by atoms with Gasteiger partial charge in [0.05, 0.1) is 5.56 Å². The predicted molar refractivity (Wildman–Crippen MR) is 130 cm³/mol. The molecular weight excluding hydrogens is 520 g/mol. The van der Waals surface area contributed by atoms with Crippen molar-refractivity contribution in [2.24, 2.45) is 0 Å². The summed E-state index contributed by atoms with van der Waals surface area (Å²) in [6, 6.07) is 6.91. The lowest BCUT2D eigenvalue weighted by Crippen LogP contribution is -2.56. The Morgan fingerprint density at radius 3 is 2.36 bits per heavy atom. The minimum Gasteiger partial charge on any atom is -0.367 e. The van der Waals surface area contributed by atoms with Crippen molar-refractivity contribution in [1.82, 2.24) is 15.1 Å². The number of benzene rings is 2. The third kappa shape index (κ3) is 5.54. The minimum absolute atomic E-state index is 0.0615. The topological polar surface area (TPSA) is 73.0 Å². The lowest BCUT2D eigenvalue weighted by molar-refractivity contribution is -0.138. The fraction of sp³-hybridized carbons (Fsp3) is 0.375. The van der Waals surface area contributed by atoms with E-state index in [1.165, 1.54) is 11.0 Å². The van der Waals surface area contributed by atoms with Gasteiger partial charge in [-0.2, -0.15) is 13.2 Å². The Morgan fingerprint density at radius 2 is 1.78 bits per heavy atom. The van der Waals surface area contributed by atoms with E-state index in [0.29, 0.717) is 53.8 Å². The second-order valence-corrected chi connectivity index (χ2v) is 9.43. The Balaban J connectivity index is 1.50. The summed E-state index contributed by atoms with van der Waals surface area (Å²) in [4.78, 5) is 42.4. The summed E-state index contributed by atoms with van der Waals surface area (Å²) in [5.74, 6) is -0.249. The molecule has 2 saturated heterocycles. The molecule has 1 atom stereocenters. The number of hydrogen-bond donors (Lipinski definition) is 1. The number of nitrogens with zero attached hydrogens (tertiary/aromatic N) is 3. The highest BCUT2D eigenvalue weighted by atomic mass is 35.5. The van der Waals surface area contributed by atoms with Crippen molar-refractivity contribution in [3.8, 4) is 0 Å². The molecule has 0 spiro atoms. The van der Waals surface area contributed by atoms with Crippen LogP contribution in [0.25, 0.3) is 0 Å². The molecule has 1 N–H and O–H groups in total. The summed E-state index contributed by atoms with van der Waals surface area (Å²) in [6.07, 6.45) is -3.94. The number of amides is 3. The van der Waals surface area contributed by atoms with Gasteiger partial charge in [-0.25, -0.2) is 4.79 Å². The number of piperazine rings is 1. The Hall–Kier alpha value is -2.98. The molecule has 12 heteroatoms. The molecule has 2 aromatic rings. The zero-order valence-electron chi connectivity index (χ0n) is 19.0. The molecule has 0 bridgehead atoms. The van der Waals surface area contributed by atoms with Gasteiger partial charge in [0.2, 0.25) is 5.91 Å². The summed E-state index contributed by atoms with van der Waals surface area (Å²) in [6.45, 7) is 1.98. The van der Waals surface area contributed by atoms with E-state index in [2.05, 4.69) is 5.32 Å². The van der Waals surface area contributed by atoms with Crippen LogP contribution < -0.4 is 10.2 Å². The van der Waals surface area contributed by atoms with Gasteiger partial charge in [-0.05, 0) is 35.9 Å². The lowest BCUT2D eigenvalue weighted by atomic mass is 10.0. The van der Waals surface area contributed by atoms with Crippen LogP contribution in [0, 0.1) is 0 Å². The molecule has 0 unspecified atom stereocenters. The Morgan fingerprint density at radius 1 is 1.06 bits per heavy atom. The smallest absolute Gasteiger partial charge is 0.367 e. The van der Waals surface area contributed by atoms with Gasteiger partial charge in [0.1, 0.15) is 6.04 Å². The average molecular weight is 543 g/mol. The molecule has 192 valence electrons. The first-order valence-electron chi connectivity index (χ1n) is 11.3. The van der Waals surface area contributed by atoms with E-state index in [1.54, 1.807) is 28.0 Å². The summed E-state index contributed by atoms with van der Waals surface area (Å²) < 4.78 is 39.1. The third-order valence-corrected chi connectivity index (χ3v) is 6.98. The third-order valence-electron chi connectivity index (χ3n) is 6.39. The molecule has 0 saturated carbocycles. The van der Waals surface area contributed by atoms with Gasteiger partial charge >= 0.3 is 12.2 Å². The molecule has 36 heavy (non-hydrogen) atoms. The first-order chi connectivity index (χ1) is 17.1. The molecule has 2 aromatic carbocycles. The second-order valence-electron chi connectivity index (χ2n) is 8.58. The number of hydrogen-bond acceptors (Lipinski definition) is 4. The highest BCUT2D eigenvalue weighted by molar-refractivity contribution is 6.35. The van der Waals surface area contributed by atoms with Crippen LogP contribution in [0.3, 0.4) is 0 Å². The fourth-order valence-corrected chi connectivity index (χ4v) is 4.99. The van der Waals surface area contributed by atoms with E-state index in [9.17, 15) is 27.6 Å².